The molecule has 4 aliphatic rings. The van der Waals surface area contributed by atoms with Crippen molar-refractivity contribution >= 4 is 45.9 Å². The van der Waals surface area contributed by atoms with E-state index in [1.54, 1.807) is 62.4 Å². The van der Waals surface area contributed by atoms with Gasteiger partial charge in [-0.1, -0.05) is 100 Å². The molecule has 0 spiro atoms. The molecule has 0 radical (unpaired) electrons. The lowest BCUT2D eigenvalue weighted by Crippen LogP contribution is -2.39. The van der Waals surface area contributed by atoms with Crippen LogP contribution in [0.2, 0.25) is 0 Å². The number of nitrogens with one attached hydrogen (secondary N) is 2. The quantitative estimate of drug-likeness (QED) is 0.0848. The standard InChI is InChI=1S/C54H48N6O6/c1-29(2)39-45-43(37(49(61)53(39)65)27-55-33-19-11-7-12-20-33)51(63)41(31(5)47(45)59-57-35-23-15-9-16-24-35)42-32(6)48(60-58-36-25-17-10-18-26-36)46-40(30(3)4)54(66)50(62)38(44(46)52(42)64)28-56-34-21-13-8-14-22-34/h7-30,47-48,55-56,65-66H,1-6H3/b37-27-,38-28-,59-57?,60-58?. The second kappa shape index (κ2) is 18.5. The first kappa shape index (κ1) is 44.5. The van der Waals surface area contributed by atoms with Crippen molar-refractivity contribution in [2.24, 2.45) is 32.3 Å². The molecular weight excluding hydrogens is 829 g/mol. The van der Waals surface area contributed by atoms with Crippen LogP contribution in [0.15, 0.2) is 233 Å². The van der Waals surface area contributed by atoms with Crippen molar-refractivity contribution in [3.8, 4) is 0 Å². The zero-order valence-corrected chi connectivity index (χ0v) is 37.3. The monoisotopic (exact) mass is 876 g/mol. The van der Waals surface area contributed by atoms with Gasteiger partial charge in [0.15, 0.2) is 23.1 Å². The van der Waals surface area contributed by atoms with Gasteiger partial charge >= 0.3 is 0 Å². The highest BCUT2D eigenvalue weighted by molar-refractivity contribution is 6.34. The third-order valence-corrected chi connectivity index (χ3v) is 12.0. The van der Waals surface area contributed by atoms with Crippen LogP contribution in [-0.2, 0) is 19.2 Å². The van der Waals surface area contributed by atoms with E-state index >= 15 is 9.59 Å². The Balaban J connectivity index is 1.42. The van der Waals surface area contributed by atoms with Crippen LogP contribution in [0, 0.1) is 11.8 Å². The van der Waals surface area contributed by atoms with E-state index in [2.05, 4.69) is 20.9 Å². The SMILES string of the molecule is CC1=C(C2=C(C)C(N=Nc3ccccc3)C3=C(C2=O)/C(=C/Nc2ccccc2)C(=O)C(O)=C3C(C)C)C(=O)C2=C(C(C(C)C)=C(O)C(=O)/C2=C\Nc2ccccc2)C1N=Nc1ccccc1. The van der Waals surface area contributed by atoms with Gasteiger partial charge in [-0.2, -0.15) is 20.5 Å². The maximum atomic E-state index is 15.8. The molecule has 8 rings (SSSR count). The Bertz CT molecular complexity index is 2800. The third kappa shape index (κ3) is 8.13. The number of carbonyl (C=O) groups is 4. The summed E-state index contributed by atoms with van der Waals surface area (Å²) in [6.45, 7) is 10.6. The summed E-state index contributed by atoms with van der Waals surface area (Å²) in [6, 6.07) is 33.9. The van der Waals surface area contributed by atoms with E-state index in [1.807, 2.05) is 100 Å². The topological polar surface area (TPSA) is 182 Å². The lowest BCUT2D eigenvalue weighted by molar-refractivity contribution is -0.117. The van der Waals surface area contributed by atoms with Crippen LogP contribution in [0.25, 0.3) is 0 Å². The number of ketones is 4. The molecule has 0 heterocycles. The first-order chi connectivity index (χ1) is 31.8. The number of carbonyl (C=O) groups excluding carboxylic acids is 4. The molecule has 12 heteroatoms. The number of benzene rings is 4. The van der Waals surface area contributed by atoms with Crippen LogP contribution in [0.3, 0.4) is 0 Å². The molecule has 0 aromatic heterocycles. The minimum atomic E-state index is -1.09. The molecule has 12 nitrogen and oxygen atoms in total. The van der Waals surface area contributed by atoms with Gasteiger partial charge in [0.1, 0.15) is 12.1 Å². The largest absolute Gasteiger partial charge is 0.504 e. The Hall–Kier alpha value is -8.12. The van der Waals surface area contributed by atoms with E-state index in [0.717, 1.165) is 0 Å². The number of allylic oxidation sites excluding steroid dienone is 6. The molecule has 0 saturated carbocycles. The number of nitrogens with zero attached hydrogens (tertiary/aromatic N) is 4. The predicted molar refractivity (Wildman–Crippen MR) is 254 cm³/mol. The average molecular weight is 877 g/mol. The molecule has 4 aromatic carbocycles. The molecule has 4 aliphatic carbocycles. The summed E-state index contributed by atoms with van der Waals surface area (Å²) in [7, 11) is 0. The normalized spacial score (nSPS) is 20.7. The molecule has 2 atom stereocenters. The van der Waals surface area contributed by atoms with Crippen LogP contribution < -0.4 is 10.6 Å². The van der Waals surface area contributed by atoms with Crippen molar-refractivity contribution < 1.29 is 29.4 Å². The van der Waals surface area contributed by atoms with E-state index in [4.69, 9.17) is 10.2 Å². The summed E-state index contributed by atoms with van der Waals surface area (Å²) in [5.41, 5.74) is 3.40. The number of hydrogen-bond acceptors (Lipinski definition) is 12. The second-order valence-corrected chi connectivity index (χ2v) is 16.9. The van der Waals surface area contributed by atoms with Gasteiger partial charge in [-0.3, -0.25) is 19.2 Å². The number of aliphatic hydroxyl groups is 2. The minimum absolute atomic E-state index is 0.0560. The fraction of sp³-hybridized carbons (Fsp3) is 0.185. The highest BCUT2D eigenvalue weighted by atomic mass is 16.3. The Morgan fingerprint density at radius 3 is 1.11 bits per heavy atom. The molecule has 4 aromatic rings. The van der Waals surface area contributed by atoms with Crippen LogP contribution >= 0.6 is 0 Å². The fourth-order valence-corrected chi connectivity index (χ4v) is 8.89. The van der Waals surface area contributed by atoms with Crippen molar-refractivity contribution in [2.45, 2.75) is 53.6 Å². The number of hydrogen-bond donors (Lipinski definition) is 4. The average Bonchev–Trinajstić information content (AvgIpc) is 3.31. The second-order valence-electron chi connectivity index (χ2n) is 16.9. The number of para-hydroxylation sites is 2. The summed E-state index contributed by atoms with van der Waals surface area (Å²) >= 11 is 0. The summed E-state index contributed by atoms with van der Waals surface area (Å²) < 4.78 is 0. The molecule has 0 fully saturated rings. The lowest BCUT2D eigenvalue weighted by atomic mass is 9.65. The van der Waals surface area contributed by atoms with Gasteiger partial charge in [0.2, 0.25) is 11.6 Å². The number of aliphatic hydroxyl groups excluding tert-OH is 2. The highest BCUT2D eigenvalue weighted by Gasteiger charge is 2.50. The van der Waals surface area contributed by atoms with Gasteiger partial charge < -0.3 is 20.8 Å². The predicted octanol–water partition coefficient (Wildman–Crippen LogP) is 11.8. The van der Waals surface area contributed by atoms with E-state index in [-0.39, 0.29) is 55.7 Å². The number of rotatable bonds is 11. The molecule has 4 N–H and O–H groups in total. The molecule has 0 saturated heterocycles. The highest BCUT2D eigenvalue weighted by Crippen LogP contribution is 2.51. The molecule has 0 aliphatic heterocycles. The van der Waals surface area contributed by atoms with E-state index in [1.165, 1.54) is 12.4 Å². The summed E-state index contributed by atoms with van der Waals surface area (Å²) in [5.74, 6) is -4.88. The van der Waals surface area contributed by atoms with Gasteiger partial charge in [0.25, 0.3) is 0 Å². The molecule has 2 unspecified atom stereocenters. The smallest absolute Gasteiger partial charge is 0.229 e. The Morgan fingerprint density at radius 1 is 0.470 bits per heavy atom. The Kier molecular flexibility index (Phi) is 12.5. The van der Waals surface area contributed by atoms with Gasteiger partial charge in [-0.25, -0.2) is 0 Å². The van der Waals surface area contributed by atoms with Gasteiger partial charge in [-0.15, -0.1) is 0 Å². The number of anilines is 2. The number of Topliss-reactive ketones (excluding diaryl/α,β-unsaturated/α-hetero) is 4. The molecule has 66 heavy (non-hydrogen) atoms. The lowest BCUT2D eigenvalue weighted by Gasteiger charge is -2.38. The van der Waals surface area contributed by atoms with Gasteiger partial charge in [0, 0.05) is 68.4 Å². The summed E-state index contributed by atoms with van der Waals surface area (Å²) in [4.78, 5) is 60.5. The summed E-state index contributed by atoms with van der Waals surface area (Å²) in [5, 5.41) is 48.7. The fourth-order valence-electron chi connectivity index (χ4n) is 8.89. The maximum Gasteiger partial charge on any atom is 0.229 e. The first-order valence-corrected chi connectivity index (χ1v) is 21.7. The van der Waals surface area contributed by atoms with Crippen molar-refractivity contribution in [1.29, 1.82) is 0 Å². The minimum Gasteiger partial charge on any atom is -0.504 e. The van der Waals surface area contributed by atoms with E-state index < -0.39 is 58.6 Å². The maximum absolute atomic E-state index is 15.8. The third-order valence-electron chi connectivity index (χ3n) is 12.0. The van der Waals surface area contributed by atoms with Gasteiger partial charge in [0.05, 0.1) is 22.5 Å². The zero-order chi connectivity index (χ0) is 46.8. The van der Waals surface area contributed by atoms with Crippen LogP contribution in [0.5, 0.6) is 0 Å². The Morgan fingerprint density at radius 2 is 0.788 bits per heavy atom. The van der Waals surface area contributed by atoms with Crippen LogP contribution in [0.1, 0.15) is 41.5 Å². The first-order valence-electron chi connectivity index (χ1n) is 21.7. The van der Waals surface area contributed by atoms with E-state index in [9.17, 15) is 19.8 Å². The molecular formula is C54H48N6O6. The van der Waals surface area contributed by atoms with Crippen LogP contribution in [-0.4, -0.2) is 45.4 Å². The van der Waals surface area contributed by atoms with E-state index in [0.29, 0.717) is 33.9 Å². The Labute approximate surface area is 382 Å². The molecule has 0 bridgehead atoms. The van der Waals surface area contributed by atoms with Crippen LogP contribution in [0.4, 0.5) is 22.7 Å². The molecule has 330 valence electrons. The number of azo groups is 2. The van der Waals surface area contributed by atoms with Gasteiger partial charge in [-0.05, 0) is 85.4 Å². The van der Waals surface area contributed by atoms with Crippen molar-refractivity contribution in [2.75, 3.05) is 10.6 Å². The van der Waals surface area contributed by atoms with Crippen molar-refractivity contribution in [3.63, 3.8) is 0 Å². The summed E-state index contributed by atoms with van der Waals surface area (Å²) in [6.07, 6.45) is 2.78. The van der Waals surface area contributed by atoms with Crippen molar-refractivity contribution in [3.05, 3.63) is 212 Å². The zero-order valence-electron chi connectivity index (χ0n) is 37.3. The molecule has 0 amide bonds. The van der Waals surface area contributed by atoms with Crippen molar-refractivity contribution in [1.82, 2.24) is 0 Å².